The number of nitrogens with zero attached hydrogens (tertiary/aromatic N) is 1. The molecule has 6 nitrogen and oxygen atoms in total. The van der Waals surface area contributed by atoms with Crippen molar-refractivity contribution in [2.45, 2.75) is 31.5 Å². The Morgan fingerprint density at radius 1 is 1.06 bits per heavy atom. The van der Waals surface area contributed by atoms with Crippen LogP contribution >= 0.6 is 0 Å². The van der Waals surface area contributed by atoms with E-state index in [-0.39, 0.29) is 5.78 Å². The number of carbonyl (C=O) groups is 3. The molecule has 0 bridgehead atoms. The summed E-state index contributed by atoms with van der Waals surface area (Å²) in [6, 6.07) is 7.33. The molecule has 0 aliphatic heterocycles. The number of benzene rings is 2. The second kappa shape index (κ2) is 9.70. The number of ketones is 1. The Morgan fingerprint density at radius 2 is 1.76 bits per heavy atom. The highest BCUT2D eigenvalue weighted by Crippen LogP contribution is 2.27. The number of amides is 1. The monoisotopic (exact) mass is 466 g/mol. The molecule has 2 aromatic carbocycles. The van der Waals surface area contributed by atoms with Crippen molar-refractivity contribution < 1.29 is 36.7 Å². The molecular formula is C23H22F4N2O4. The van der Waals surface area contributed by atoms with Crippen LogP contribution in [0.3, 0.4) is 0 Å². The fraction of sp³-hybridized carbons (Fsp3) is 0.348. The zero-order valence-corrected chi connectivity index (χ0v) is 18.0. The van der Waals surface area contributed by atoms with Gasteiger partial charge in [-0.1, -0.05) is 12.1 Å². The number of alkyl halides is 3. The number of carbonyl (C=O) groups excluding carboxylic acids is 3. The van der Waals surface area contributed by atoms with Gasteiger partial charge in [0.1, 0.15) is 11.6 Å². The Labute approximate surface area is 187 Å². The van der Waals surface area contributed by atoms with Crippen molar-refractivity contribution in [3.8, 4) is 5.75 Å². The van der Waals surface area contributed by atoms with Crippen molar-refractivity contribution in [2.75, 3.05) is 20.6 Å². The molecule has 0 spiro atoms. The lowest BCUT2D eigenvalue weighted by molar-refractivity contribution is -0.189. The zero-order valence-electron chi connectivity index (χ0n) is 18.0. The normalized spacial score (nSPS) is 15.3. The Kier molecular flexibility index (Phi) is 7.16. The van der Waals surface area contributed by atoms with E-state index in [1.54, 1.807) is 12.1 Å². The SMILES string of the molecule is CN(C)CCC(=O)c1ccc2c(c1)CC(NC(=O)c1ccc(F)cc1OC(=O)C(F)(F)F)C2. The summed E-state index contributed by atoms with van der Waals surface area (Å²) in [7, 11) is 3.75. The molecule has 0 radical (unpaired) electrons. The molecule has 1 aliphatic rings. The molecule has 0 heterocycles. The molecule has 3 rings (SSSR count). The van der Waals surface area contributed by atoms with E-state index in [2.05, 4.69) is 10.1 Å². The van der Waals surface area contributed by atoms with E-state index in [4.69, 9.17) is 0 Å². The minimum atomic E-state index is -5.30. The van der Waals surface area contributed by atoms with Gasteiger partial charge in [0, 0.05) is 30.6 Å². The summed E-state index contributed by atoms with van der Waals surface area (Å²) in [5.74, 6) is -5.14. The van der Waals surface area contributed by atoms with E-state index < -0.39 is 41.2 Å². The van der Waals surface area contributed by atoms with E-state index in [0.29, 0.717) is 37.4 Å². The van der Waals surface area contributed by atoms with Crippen LogP contribution in [0.15, 0.2) is 36.4 Å². The van der Waals surface area contributed by atoms with Gasteiger partial charge in [0.25, 0.3) is 5.91 Å². The van der Waals surface area contributed by atoms with Gasteiger partial charge in [0.2, 0.25) is 0 Å². The Morgan fingerprint density at radius 3 is 2.42 bits per heavy atom. The summed E-state index contributed by atoms with van der Waals surface area (Å²) in [6.07, 6.45) is -4.06. The molecule has 1 atom stereocenters. The number of rotatable bonds is 7. The Balaban J connectivity index is 1.70. The van der Waals surface area contributed by atoms with Crippen LogP contribution in [0.2, 0.25) is 0 Å². The zero-order chi connectivity index (χ0) is 24.3. The molecule has 0 aromatic heterocycles. The smallest absolute Gasteiger partial charge is 0.419 e. The average Bonchev–Trinajstić information content (AvgIpc) is 3.12. The number of ether oxygens (including phenoxy) is 1. The predicted molar refractivity (Wildman–Crippen MR) is 111 cm³/mol. The Hall–Kier alpha value is -3.27. The van der Waals surface area contributed by atoms with Gasteiger partial charge in [-0.05, 0) is 56.3 Å². The number of halogens is 4. The molecule has 33 heavy (non-hydrogen) atoms. The minimum Gasteiger partial charge on any atom is -0.419 e. The first-order valence-electron chi connectivity index (χ1n) is 10.1. The van der Waals surface area contributed by atoms with Gasteiger partial charge in [-0.2, -0.15) is 13.2 Å². The van der Waals surface area contributed by atoms with Crippen molar-refractivity contribution in [1.29, 1.82) is 0 Å². The van der Waals surface area contributed by atoms with Gasteiger partial charge in [-0.3, -0.25) is 9.59 Å². The second-order valence-electron chi connectivity index (χ2n) is 8.07. The van der Waals surface area contributed by atoms with Crippen LogP contribution in [-0.4, -0.2) is 55.4 Å². The quantitative estimate of drug-likeness (QED) is 0.293. The maximum absolute atomic E-state index is 13.5. The predicted octanol–water partition coefficient (Wildman–Crippen LogP) is 3.33. The summed E-state index contributed by atoms with van der Waals surface area (Å²) in [4.78, 5) is 38.1. The first-order valence-corrected chi connectivity index (χ1v) is 10.1. The van der Waals surface area contributed by atoms with E-state index >= 15 is 0 Å². The maximum atomic E-state index is 13.5. The highest BCUT2D eigenvalue weighted by molar-refractivity contribution is 5.98. The summed E-state index contributed by atoms with van der Waals surface area (Å²) >= 11 is 0. The molecule has 176 valence electrons. The van der Waals surface area contributed by atoms with Gasteiger partial charge in [0.05, 0.1) is 5.56 Å². The highest BCUT2D eigenvalue weighted by atomic mass is 19.4. The standard InChI is InChI=1S/C23H22F4N2O4/c1-29(2)8-7-19(30)14-4-3-13-10-17(11-15(13)9-14)28-21(31)18-6-5-16(24)12-20(18)33-22(32)23(25,26)27/h3-6,9,12,17H,7-8,10-11H2,1-2H3,(H,28,31). The van der Waals surface area contributed by atoms with Crippen molar-refractivity contribution in [1.82, 2.24) is 10.2 Å². The lowest BCUT2D eigenvalue weighted by Gasteiger charge is -2.15. The van der Waals surface area contributed by atoms with Crippen LogP contribution in [0.4, 0.5) is 17.6 Å². The van der Waals surface area contributed by atoms with E-state index in [1.165, 1.54) is 0 Å². The van der Waals surface area contributed by atoms with Crippen LogP contribution < -0.4 is 10.1 Å². The topological polar surface area (TPSA) is 75.7 Å². The molecule has 10 heteroatoms. The van der Waals surface area contributed by atoms with Crippen LogP contribution in [0.5, 0.6) is 5.75 Å². The third-order valence-corrected chi connectivity index (χ3v) is 5.20. The first-order chi connectivity index (χ1) is 15.4. The van der Waals surface area contributed by atoms with Gasteiger partial charge in [-0.15, -0.1) is 0 Å². The average molecular weight is 466 g/mol. The highest BCUT2D eigenvalue weighted by Gasteiger charge is 2.42. The lowest BCUT2D eigenvalue weighted by atomic mass is 10.0. The van der Waals surface area contributed by atoms with Crippen LogP contribution in [-0.2, 0) is 17.6 Å². The number of fused-ring (bicyclic) bond motifs is 1. The summed E-state index contributed by atoms with van der Waals surface area (Å²) in [6.45, 7) is 0.619. The molecule has 1 N–H and O–H groups in total. The molecular weight excluding hydrogens is 444 g/mol. The molecule has 1 aliphatic carbocycles. The second-order valence-corrected chi connectivity index (χ2v) is 8.07. The largest absolute Gasteiger partial charge is 0.491 e. The molecule has 1 amide bonds. The maximum Gasteiger partial charge on any atom is 0.491 e. The molecule has 0 saturated heterocycles. The van der Waals surface area contributed by atoms with Crippen LogP contribution in [0.1, 0.15) is 38.3 Å². The van der Waals surface area contributed by atoms with Crippen LogP contribution in [0, 0.1) is 5.82 Å². The third kappa shape index (κ3) is 6.16. The third-order valence-electron chi connectivity index (χ3n) is 5.20. The molecule has 1 unspecified atom stereocenters. The van der Waals surface area contributed by atoms with Crippen LogP contribution in [0.25, 0.3) is 0 Å². The summed E-state index contributed by atoms with van der Waals surface area (Å²) < 4.78 is 55.3. The van der Waals surface area contributed by atoms with Gasteiger partial charge >= 0.3 is 12.1 Å². The number of Topliss-reactive ketones (excluding diaryl/α,β-unsaturated/α-hetero) is 1. The molecule has 0 fully saturated rings. The molecule has 2 aromatic rings. The number of nitrogens with one attached hydrogen (secondary N) is 1. The van der Waals surface area contributed by atoms with Crippen molar-refractivity contribution in [2.24, 2.45) is 0 Å². The van der Waals surface area contributed by atoms with Crippen molar-refractivity contribution in [3.05, 3.63) is 64.5 Å². The van der Waals surface area contributed by atoms with E-state index in [9.17, 15) is 31.9 Å². The number of hydrogen-bond acceptors (Lipinski definition) is 5. The van der Waals surface area contributed by atoms with Crippen molar-refractivity contribution >= 4 is 17.7 Å². The van der Waals surface area contributed by atoms with Gasteiger partial charge in [0.15, 0.2) is 5.78 Å². The van der Waals surface area contributed by atoms with E-state index in [1.807, 2.05) is 25.1 Å². The lowest BCUT2D eigenvalue weighted by Crippen LogP contribution is -2.36. The van der Waals surface area contributed by atoms with E-state index in [0.717, 1.165) is 23.3 Å². The fourth-order valence-corrected chi connectivity index (χ4v) is 3.55. The fourth-order valence-electron chi connectivity index (χ4n) is 3.55. The van der Waals surface area contributed by atoms with Gasteiger partial charge in [-0.25, -0.2) is 9.18 Å². The number of esters is 1. The first kappa shape index (κ1) is 24.4. The molecule has 0 saturated carbocycles. The van der Waals surface area contributed by atoms with Gasteiger partial charge < -0.3 is 15.0 Å². The summed E-state index contributed by atoms with van der Waals surface area (Å²) in [5, 5.41) is 2.68. The minimum absolute atomic E-state index is 0.00131. The summed E-state index contributed by atoms with van der Waals surface area (Å²) in [5.41, 5.74) is 2.00. The Bertz CT molecular complexity index is 1080. The van der Waals surface area contributed by atoms with Crippen molar-refractivity contribution in [3.63, 3.8) is 0 Å². The number of hydrogen-bond donors (Lipinski definition) is 1.